The topological polar surface area (TPSA) is 58.2 Å². The Morgan fingerprint density at radius 2 is 1.95 bits per heavy atom. The second kappa shape index (κ2) is 6.98. The van der Waals surface area contributed by atoms with Gasteiger partial charge in [0, 0.05) is 6.04 Å². The summed E-state index contributed by atoms with van der Waals surface area (Å²) in [4.78, 5) is 0. The summed E-state index contributed by atoms with van der Waals surface area (Å²) >= 11 is 11.8. The van der Waals surface area contributed by atoms with E-state index in [0.29, 0.717) is 23.2 Å². The molecule has 1 aromatic carbocycles. The third-order valence-electron chi connectivity index (χ3n) is 3.07. The fourth-order valence-corrected chi connectivity index (χ4v) is 3.41. The number of anilines is 1. The van der Waals surface area contributed by atoms with Crippen molar-refractivity contribution in [3.8, 4) is 0 Å². The minimum absolute atomic E-state index is 0.0855. The van der Waals surface area contributed by atoms with Crippen molar-refractivity contribution >= 4 is 38.9 Å². The first-order chi connectivity index (χ1) is 9.48. The van der Waals surface area contributed by atoms with E-state index in [-0.39, 0.29) is 10.8 Å². The number of halogens is 2. The van der Waals surface area contributed by atoms with Crippen molar-refractivity contribution in [2.24, 2.45) is 0 Å². The lowest BCUT2D eigenvalue weighted by Gasteiger charge is -2.10. The highest BCUT2D eigenvalue weighted by Gasteiger charge is 2.19. The van der Waals surface area contributed by atoms with Crippen LogP contribution in [0.5, 0.6) is 0 Å². The van der Waals surface area contributed by atoms with Crippen LogP contribution >= 0.6 is 23.2 Å². The molecule has 0 heterocycles. The van der Waals surface area contributed by atoms with E-state index < -0.39 is 10.0 Å². The lowest BCUT2D eigenvalue weighted by Crippen LogP contribution is -2.20. The summed E-state index contributed by atoms with van der Waals surface area (Å²) in [5.41, 5.74) is 0.329. The van der Waals surface area contributed by atoms with Gasteiger partial charge >= 0.3 is 0 Å². The first-order valence-corrected chi connectivity index (χ1v) is 9.07. The van der Waals surface area contributed by atoms with Crippen molar-refractivity contribution in [3.63, 3.8) is 0 Å². The molecule has 0 aliphatic heterocycles. The molecule has 0 spiro atoms. The molecule has 20 heavy (non-hydrogen) atoms. The molecule has 0 atom stereocenters. The van der Waals surface area contributed by atoms with Gasteiger partial charge in [-0.2, -0.15) is 0 Å². The van der Waals surface area contributed by atoms with E-state index in [4.69, 9.17) is 23.2 Å². The molecular formula is C13H18Cl2N2O2S. The standard InChI is InChI=1S/C13H18Cl2N2O2S/c14-11-4-3-5-12(13(11)15)17-20(18,19)9-2-1-8-16-10-6-7-10/h3-5,10,16-17H,1-2,6-9H2. The van der Waals surface area contributed by atoms with Crippen LogP contribution in [0.3, 0.4) is 0 Å². The summed E-state index contributed by atoms with van der Waals surface area (Å²) in [5.74, 6) is 0.0855. The maximum atomic E-state index is 11.9. The number of nitrogens with one attached hydrogen (secondary N) is 2. The number of sulfonamides is 1. The molecule has 2 rings (SSSR count). The summed E-state index contributed by atoms with van der Waals surface area (Å²) in [6.45, 7) is 0.873. The van der Waals surface area contributed by atoms with Crippen LogP contribution in [0.25, 0.3) is 0 Å². The monoisotopic (exact) mass is 336 g/mol. The first kappa shape index (κ1) is 15.9. The van der Waals surface area contributed by atoms with Crippen LogP contribution in [0.4, 0.5) is 5.69 Å². The van der Waals surface area contributed by atoms with Gasteiger partial charge in [-0.25, -0.2) is 8.42 Å². The Bertz CT molecular complexity index is 559. The largest absolute Gasteiger partial charge is 0.314 e. The van der Waals surface area contributed by atoms with Crippen LogP contribution in [0.15, 0.2) is 18.2 Å². The van der Waals surface area contributed by atoms with Gasteiger partial charge in [0.2, 0.25) is 10.0 Å². The molecule has 1 aliphatic rings. The maximum absolute atomic E-state index is 11.9. The van der Waals surface area contributed by atoms with Crippen LogP contribution in [0.2, 0.25) is 10.0 Å². The minimum atomic E-state index is -3.38. The highest BCUT2D eigenvalue weighted by molar-refractivity contribution is 7.92. The Balaban J connectivity index is 1.78. The van der Waals surface area contributed by atoms with E-state index >= 15 is 0 Å². The molecule has 0 unspecified atom stereocenters. The molecule has 7 heteroatoms. The van der Waals surface area contributed by atoms with Gasteiger partial charge in [0.15, 0.2) is 0 Å². The molecular weight excluding hydrogens is 319 g/mol. The second-order valence-electron chi connectivity index (χ2n) is 4.96. The van der Waals surface area contributed by atoms with E-state index in [1.807, 2.05) is 0 Å². The van der Waals surface area contributed by atoms with Gasteiger partial charge in [0.1, 0.15) is 0 Å². The number of rotatable bonds is 8. The van der Waals surface area contributed by atoms with E-state index in [9.17, 15) is 8.42 Å². The zero-order chi connectivity index (χ0) is 14.6. The smallest absolute Gasteiger partial charge is 0.232 e. The van der Waals surface area contributed by atoms with E-state index in [2.05, 4.69) is 10.0 Å². The van der Waals surface area contributed by atoms with Crippen LogP contribution in [-0.4, -0.2) is 26.8 Å². The van der Waals surface area contributed by atoms with Crippen molar-refractivity contribution in [2.75, 3.05) is 17.0 Å². The summed E-state index contributed by atoms with van der Waals surface area (Å²) in [6, 6.07) is 5.53. The Morgan fingerprint density at radius 1 is 1.20 bits per heavy atom. The molecule has 0 amide bonds. The Morgan fingerprint density at radius 3 is 2.65 bits per heavy atom. The van der Waals surface area contributed by atoms with Crippen molar-refractivity contribution < 1.29 is 8.42 Å². The lowest BCUT2D eigenvalue weighted by molar-refractivity contribution is 0.591. The number of hydrogen-bond donors (Lipinski definition) is 2. The Labute approximate surface area is 129 Å². The van der Waals surface area contributed by atoms with E-state index in [0.717, 1.165) is 13.0 Å². The maximum Gasteiger partial charge on any atom is 0.232 e. The molecule has 4 nitrogen and oxygen atoms in total. The summed E-state index contributed by atoms with van der Waals surface area (Å²) in [7, 11) is -3.38. The zero-order valence-electron chi connectivity index (χ0n) is 11.0. The van der Waals surface area contributed by atoms with Gasteiger partial charge < -0.3 is 5.32 Å². The van der Waals surface area contributed by atoms with Crippen molar-refractivity contribution in [1.29, 1.82) is 0 Å². The van der Waals surface area contributed by atoms with Gasteiger partial charge in [0.25, 0.3) is 0 Å². The fourth-order valence-electron chi connectivity index (χ4n) is 1.81. The molecule has 112 valence electrons. The average Bonchev–Trinajstić information content (AvgIpc) is 3.18. The van der Waals surface area contributed by atoms with Gasteiger partial charge in [-0.15, -0.1) is 0 Å². The molecule has 0 saturated heterocycles. The SMILES string of the molecule is O=S(=O)(CCCCNC1CC1)Nc1cccc(Cl)c1Cl. The molecule has 0 bridgehead atoms. The summed E-state index contributed by atoms with van der Waals surface area (Å²) < 4.78 is 26.4. The molecule has 0 radical (unpaired) electrons. The van der Waals surface area contributed by atoms with Crippen LogP contribution in [0.1, 0.15) is 25.7 Å². The van der Waals surface area contributed by atoms with Gasteiger partial charge in [-0.3, -0.25) is 4.72 Å². The Hall–Kier alpha value is -0.490. The normalized spacial score (nSPS) is 15.3. The molecule has 1 aliphatic carbocycles. The summed E-state index contributed by atoms with van der Waals surface area (Å²) in [6.07, 6.45) is 3.95. The third-order valence-corrected chi connectivity index (χ3v) is 5.24. The average molecular weight is 337 g/mol. The second-order valence-corrected chi connectivity index (χ2v) is 7.58. The lowest BCUT2D eigenvalue weighted by atomic mass is 10.3. The van der Waals surface area contributed by atoms with Crippen molar-refractivity contribution in [2.45, 2.75) is 31.7 Å². The molecule has 2 N–H and O–H groups in total. The molecule has 1 aromatic rings. The fraction of sp³-hybridized carbons (Fsp3) is 0.538. The number of benzene rings is 1. The third kappa shape index (κ3) is 5.13. The van der Waals surface area contributed by atoms with Gasteiger partial charge in [-0.1, -0.05) is 29.3 Å². The van der Waals surface area contributed by atoms with Crippen LogP contribution < -0.4 is 10.0 Å². The highest BCUT2D eigenvalue weighted by atomic mass is 35.5. The van der Waals surface area contributed by atoms with Crippen molar-refractivity contribution in [3.05, 3.63) is 28.2 Å². The van der Waals surface area contributed by atoms with Gasteiger partial charge in [0.05, 0.1) is 21.5 Å². The van der Waals surface area contributed by atoms with Crippen molar-refractivity contribution in [1.82, 2.24) is 5.32 Å². The minimum Gasteiger partial charge on any atom is -0.314 e. The predicted octanol–water partition coefficient (Wildman–Crippen LogP) is 3.27. The van der Waals surface area contributed by atoms with Crippen LogP contribution in [-0.2, 0) is 10.0 Å². The van der Waals surface area contributed by atoms with E-state index in [1.165, 1.54) is 12.8 Å². The molecule has 1 fully saturated rings. The molecule has 0 aromatic heterocycles. The number of hydrogen-bond acceptors (Lipinski definition) is 3. The quantitative estimate of drug-likeness (QED) is 0.716. The predicted molar refractivity (Wildman–Crippen MR) is 84.1 cm³/mol. The Kier molecular flexibility index (Phi) is 5.55. The van der Waals surface area contributed by atoms with Gasteiger partial charge in [-0.05, 0) is 44.4 Å². The first-order valence-electron chi connectivity index (χ1n) is 6.66. The summed E-state index contributed by atoms with van der Waals surface area (Å²) in [5, 5.41) is 3.92. The van der Waals surface area contributed by atoms with E-state index in [1.54, 1.807) is 18.2 Å². The van der Waals surface area contributed by atoms with Crippen LogP contribution in [0, 0.1) is 0 Å². The zero-order valence-corrected chi connectivity index (χ0v) is 13.4. The molecule has 1 saturated carbocycles. The highest BCUT2D eigenvalue weighted by Crippen LogP contribution is 2.30. The number of unbranched alkanes of at least 4 members (excludes halogenated alkanes) is 1.